The van der Waals surface area contributed by atoms with Crippen LogP contribution in [-0.2, 0) is 11.2 Å². The summed E-state index contributed by atoms with van der Waals surface area (Å²) in [6.07, 6.45) is 1.47. The third-order valence-corrected chi connectivity index (χ3v) is 3.81. The lowest BCUT2D eigenvalue weighted by Gasteiger charge is -2.24. The fraction of sp³-hybridized carbons (Fsp3) is 0.562. The predicted molar refractivity (Wildman–Crippen MR) is 98.4 cm³/mol. The second-order valence-electron chi connectivity index (χ2n) is 5.57. The van der Waals surface area contributed by atoms with Crippen LogP contribution < -0.4 is 5.32 Å². The topological polar surface area (TPSA) is 36.9 Å². The monoisotopic (exact) mass is 439 g/mol. The van der Waals surface area contributed by atoms with Crippen LogP contribution in [0.4, 0.5) is 8.78 Å². The van der Waals surface area contributed by atoms with E-state index in [0.717, 1.165) is 44.3 Å². The van der Waals surface area contributed by atoms with Crippen molar-refractivity contribution in [2.75, 3.05) is 40.4 Å². The number of ether oxygens (including phenoxy) is 1. The molecule has 1 aliphatic heterocycles. The fourth-order valence-corrected chi connectivity index (χ4v) is 2.63. The molecular formula is C16H24F2IN3O. The van der Waals surface area contributed by atoms with Gasteiger partial charge in [0.1, 0.15) is 11.6 Å². The maximum Gasteiger partial charge on any atom is 0.193 e. The lowest BCUT2D eigenvalue weighted by Crippen LogP contribution is -2.42. The van der Waals surface area contributed by atoms with Crippen LogP contribution in [0.1, 0.15) is 12.0 Å². The number of hydrogen-bond acceptors (Lipinski definition) is 2. The minimum Gasteiger partial charge on any atom is -0.381 e. The number of nitrogens with one attached hydrogen (secondary N) is 1. The minimum absolute atomic E-state index is 0. The van der Waals surface area contributed by atoms with E-state index in [1.807, 2.05) is 11.9 Å². The highest BCUT2D eigenvalue weighted by Crippen LogP contribution is 2.13. The van der Waals surface area contributed by atoms with Gasteiger partial charge in [-0.3, -0.25) is 4.99 Å². The number of benzene rings is 1. The van der Waals surface area contributed by atoms with E-state index in [4.69, 9.17) is 4.74 Å². The summed E-state index contributed by atoms with van der Waals surface area (Å²) in [5.74, 6) is 0.474. The Morgan fingerprint density at radius 2 is 2.22 bits per heavy atom. The number of hydrogen-bond donors (Lipinski definition) is 1. The van der Waals surface area contributed by atoms with Crippen molar-refractivity contribution < 1.29 is 13.5 Å². The Morgan fingerprint density at radius 3 is 2.87 bits per heavy atom. The first-order valence-corrected chi connectivity index (χ1v) is 7.53. The summed E-state index contributed by atoms with van der Waals surface area (Å²) in [6.45, 7) is 2.98. The molecule has 0 amide bonds. The van der Waals surface area contributed by atoms with Crippen LogP contribution in [0.3, 0.4) is 0 Å². The van der Waals surface area contributed by atoms with Gasteiger partial charge < -0.3 is 15.0 Å². The van der Waals surface area contributed by atoms with Gasteiger partial charge in [0.25, 0.3) is 0 Å². The van der Waals surface area contributed by atoms with Gasteiger partial charge in [-0.1, -0.05) is 0 Å². The summed E-state index contributed by atoms with van der Waals surface area (Å²) < 4.78 is 32.1. The van der Waals surface area contributed by atoms with Gasteiger partial charge in [0.2, 0.25) is 0 Å². The van der Waals surface area contributed by atoms with Gasteiger partial charge in [-0.05, 0) is 36.6 Å². The van der Waals surface area contributed by atoms with E-state index in [1.165, 1.54) is 6.07 Å². The Labute approximate surface area is 153 Å². The highest BCUT2D eigenvalue weighted by Gasteiger charge is 2.19. The largest absolute Gasteiger partial charge is 0.381 e. The van der Waals surface area contributed by atoms with Crippen molar-refractivity contribution >= 4 is 29.9 Å². The zero-order valence-corrected chi connectivity index (χ0v) is 15.8. The van der Waals surface area contributed by atoms with Crippen LogP contribution in [0.5, 0.6) is 0 Å². The molecular weight excluding hydrogens is 415 g/mol. The number of halogens is 3. The zero-order chi connectivity index (χ0) is 15.9. The number of aliphatic imine (C=N–C) groups is 1. The Kier molecular flexibility index (Phi) is 8.75. The van der Waals surface area contributed by atoms with Crippen molar-refractivity contribution in [3.8, 4) is 0 Å². The van der Waals surface area contributed by atoms with Gasteiger partial charge in [0.05, 0.1) is 6.61 Å². The Hall–Kier alpha value is -0.960. The molecule has 0 saturated carbocycles. The molecule has 23 heavy (non-hydrogen) atoms. The molecule has 0 aliphatic carbocycles. The summed E-state index contributed by atoms with van der Waals surface area (Å²) in [5, 5.41) is 3.18. The third kappa shape index (κ3) is 6.21. The van der Waals surface area contributed by atoms with Crippen LogP contribution in [0.15, 0.2) is 23.2 Å². The molecule has 0 spiro atoms. The molecule has 1 atom stereocenters. The first-order valence-electron chi connectivity index (χ1n) is 7.53. The summed E-state index contributed by atoms with van der Waals surface area (Å²) in [4.78, 5) is 6.27. The summed E-state index contributed by atoms with van der Waals surface area (Å²) in [6, 6.07) is 3.52. The maximum absolute atomic E-state index is 13.6. The second kappa shape index (κ2) is 10.0. The first-order chi connectivity index (χ1) is 10.6. The van der Waals surface area contributed by atoms with Crippen LogP contribution in [0, 0.1) is 17.6 Å². The Bertz CT molecular complexity index is 522. The van der Waals surface area contributed by atoms with E-state index in [-0.39, 0.29) is 29.8 Å². The third-order valence-electron chi connectivity index (χ3n) is 3.81. The number of guanidine groups is 1. The van der Waals surface area contributed by atoms with Crippen molar-refractivity contribution in [3.63, 3.8) is 0 Å². The number of nitrogens with zero attached hydrogens (tertiary/aromatic N) is 2. The zero-order valence-electron chi connectivity index (χ0n) is 13.5. The van der Waals surface area contributed by atoms with Crippen molar-refractivity contribution in [3.05, 3.63) is 35.4 Å². The molecule has 1 aromatic carbocycles. The van der Waals surface area contributed by atoms with Crippen molar-refractivity contribution in [1.29, 1.82) is 0 Å². The standard InChI is InChI=1S/C16H23F2N3O.HI/c1-19-16(21(2)10-12-6-8-22-11-12)20-7-5-13-9-14(17)3-4-15(13)18;/h3-4,9,12H,5-8,10-11H2,1-2H3,(H,19,20);1H. The molecule has 1 heterocycles. The summed E-state index contributed by atoms with van der Waals surface area (Å²) >= 11 is 0. The van der Waals surface area contributed by atoms with E-state index in [1.54, 1.807) is 7.05 Å². The first kappa shape index (κ1) is 20.1. The molecule has 1 fully saturated rings. The molecule has 1 N–H and O–H groups in total. The van der Waals surface area contributed by atoms with Crippen molar-refractivity contribution in [2.45, 2.75) is 12.8 Å². The van der Waals surface area contributed by atoms with E-state index < -0.39 is 5.82 Å². The predicted octanol–water partition coefficient (Wildman–Crippen LogP) is 2.67. The average Bonchev–Trinajstić information content (AvgIpc) is 2.99. The highest BCUT2D eigenvalue weighted by molar-refractivity contribution is 14.0. The summed E-state index contributed by atoms with van der Waals surface area (Å²) in [5.41, 5.74) is 0.370. The van der Waals surface area contributed by atoms with Gasteiger partial charge >= 0.3 is 0 Å². The van der Waals surface area contributed by atoms with Gasteiger partial charge in [-0.25, -0.2) is 8.78 Å². The van der Waals surface area contributed by atoms with Gasteiger partial charge in [0, 0.05) is 39.7 Å². The summed E-state index contributed by atoms with van der Waals surface area (Å²) in [7, 11) is 3.68. The SMILES string of the molecule is CN=C(NCCc1cc(F)ccc1F)N(C)CC1CCOC1.I. The second-order valence-corrected chi connectivity index (χ2v) is 5.57. The molecule has 130 valence electrons. The van der Waals surface area contributed by atoms with Crippen LogP contribution in [0.25, 0.3) is 0 Å². The smallest absolute Gasteiger partial charge is 0.193 e. The van der Waals surface area contributed by atoms with E-state index in [9.17, 15) is 8.78 Å². The van der Waals surface area contributed by atoms with Crippen molar-refractivity contribution in [2.24, 2.45) is 10.9 Å². The molecule has 7 heteroatoms. The molecule has 2 rings (SSSR count). The lowest BCUT2D eigenvalue weighted by molar-refractivity contribution is 0.181. The van der Waals surface area contributed by atoms with Crippen LogP contribution in [0.2, 0.25) is 0 Å². The molecule has 1 unspecified atom stereocenters. The maximum atomic E-state index is 13.6. The van der Waals surface area contributed by atoms with Crippen LogP contribution in [-0.4, -0.2) is 51.3 Å². The molecule has 1 aromatic rings. The molecule has 0 aromatic heterocycles. The van der Waals surface area contributed by atoms with Gasteiger partial charge in [-0.2, -0.15) is 0 Å². The van der Waals surface area contributed by atoms with Crippen molar-refractivity contribution in [1.82, 2.24) is 10.2 Å². The van der Waals surface area contributed by atoms with Gasteiger partial charge in [-0.15, -0.1) is 24.0 Å². The highest BCUT2D eigenvalue weighted by atomic mass is 127. The molecule has 0 radical (unpaired) electrons. The van der Waals surface area contributed by atoms with Gasteiger partial charge in [0.15, 0.2) is 5.96 Å². The van der Waals surface area contributed by atoms with E-state index in [0.29, 0.717) is 24.4 Å². The normalized spacial score (nSPS) is 17.7. The molecule has 4 nitrogen and oxygen atoms in total. The average molecular weight is 439 g/mol. The van der Waals surface area contributed by atoms with E-state index >= 15 is 0 Å². The Balaban J connectivity index is 0.00000264. The molecule has 1 aliphatic rings. The minimum atomic E-state index is -0.417. The lowest BCUT2D eigenvalue weighted by atomic mass is 10.1. The van der Waals surface area contributed by atoms with Crippen LogP contribution >= 0.6 is 24.0 Å². The fourth-order valence-electron chi connectivity index (χ4n) is 2.63. The Morgan fingerprint density at radius 1 is 1.43 bits per heavy atom. The number of rotatable bonds is 5. The quantitative estimate of drug-likeness (QED) is 0.436. The molecule has 0 bridgehead atoms. The van der Waals surface area contributed by atoms with E-state index in [2.05, 4.69) is 10.3 Å². The molecule has 1 saturated heterocycles.